The van der Waals surface area contributed by atoms with Gasteiger partial charge in [0, 0.05) is 18.3 Å². The van der Waals surface area contributed by atoms with Crippen LogP contribution in [0, 0.1) is 5.92 Å². The molecule has 1 unspecified atom stereocenters. The maximum absolute atomic E-state index is 12.8. The fourth-order valence-electron chi connectivity index (χ4n) is 2.99. The van der Waals surface area contributed by atoms with Crippen LogP contribution in [0.1, 0.15) is 12.0 Å². The predicted molar refractivity (Wildman–Crippen MR) is 93.4 cm³/mol. The van der Waals surface area contributed by atoms with E-state index < -0.39 is 11.8 Å². The van der Waals surface area contributed by atoms with Crippen LogP contribution in [0.2, 0.25) is 0 Å². The van der Waals surface area contributed by atoms with Crippen LogP contribution < -0.4 is 15.7 Å². The Morgan fingerprint density at radius 1 is 1.15 bits per heavy atom. The zero-order chi connectivity index (χ0) is 18.5. The van der Waals surface area contributed by atoms with Crippen molar-refractivity contribution in [3.63, 3.8) is 0 Å². The van der Waals surface area contributed by atoms with Crippen molar-refractivity contribution in [1.29, 1.82) is 0 Å². The second kappa shape index (κ2) is 7.75. The number of aromatic nitrogens is 1. The van der Waals surface area contributed by atoms with Crippen LogP contribution in [0.4, 0.5) is 11.5 Å². The first kappa shape index (κ1) is 17.6. The summed E-state index contributed by atoms with van der Waals surface area (Å²) in [6.45, 7) is -0.191. The Bertz CT molecular complexity index is 825. The van der Waals surface area contributed by atoms with Crippen LogP contribution in [0.3, 0.4) is 0 Å². The minimum absolute atomic E-state index is 0.151. The highest BCUT2D eigenvalue weighted by Crippen LogP contribution is 2.31. The van der Waals surface area contributed by atoms with E-state index in [9.17, 15) is 14.4 Å². The molecule has 3 N–H and O–H groups in total. The van der Waals surface area contributed by atoms with Gasteiger partial charge in [0.05, 0.1) is 5.92 Å². The summed E-state index contributed by atoms with van der Waals surface area (Å²) in [5.41, 5.74) is 3.06. The van der Waals surface area contributed by atoms with Gasteiger partial charge in [-0.2, -0.15) is 0 Å². The SMILES string of the molecule is O=C(CC1Cc2ccccc2N(CC(=O)Nc2ccccn2)C1=O)NO. The molecule has 2 aromatic rings. The molecule has 0 bridgehead atoms. The second-order valence-electron chi connectivity index (χ2n) is 5.96. The molecule has 0 aliphatic carbocycles. The van der Waals surface area contributed by atoms with Crippen molar-refractivity contribution in [1.82, 2.24) is 10.5 Å². The molecule has 3 amide bonds. The number of benzene rings is 1. The summed E-state index contributed by atoms with van der Waals surface area (Å²) in [6.07, 6.45) is 1.78. The maximum Gasteiger partial charge on any atom is 0.245 e. The Morgan fingerprint density at radius 3 is 2.65 bits per heavy atom. The zero-order valence-electron chi connectivity index (χ0n) is 13.9. The van der Waals surface area contributed by atoms with Crippen molar-refractivity contribution >= 4 is 29.2 Å². The number of carbonyl (C=O) groups is 3. The van der Waals surface area contributed by atoms with Crippen molar-refractivity contribution in [2.75, 3.05) is 16.8 Å². The topological polar surface area (TPSA) is 112 Å². The van der Waals surface area contributed by atoms with Crippen LogP contribution >= 0.6 is 0 Å². The van der Waals surface area contributed by atoms with E-state index in [1.807, 2.05) is 12.1 Å². The van der Waals surface area contributed by atoms with Crippen LogP contribution in [-0.4, -0.2) is 34.5 Å². The fourth-order valence-corrected chi connectivity index (χ4v) is 2.99. The van der Waals surface area contributed by atoms with Gasteiger partial charge in [-0.05, 0) is 30.2 Å². The molecule has 8 nitrogen and oxygen atoms in total. The normalized spacial score (nSPS) is 16.0. The maximum atomic E-state index is 12.8. The number of nitrogens with zero attached hydrogens (tertiary/aromatic N) is 2. The number of anilines is 2. The molecule has 0 saturated carbocycles. The van der Waals surface area contributed by atoms with E-state index in [4.69, 9.17) is 5.21 Å². The monoisotopic (exact) mass is 354 g/mol. The lowest BCUT2D eigenvalue weighted by molar-refractivity contribution is -0.134. The number of amides is 3. The van der Waals surface area contributed by atoms with Crippen LogP contribution in [0.5, 0.6) is 0 Å². The molecule has 0 radical (unpaired) electrons. The van der Waals surface area contributed by atoms with Gasteiger partial charge < -0.3 is 10.2 Å². The molecule has 8 heteroatoms. The number of hydrogen-bond acceptors (Lipinski definition) is 5. The zero-order valence-corrected chi connectivity index (χ0v) is 13.9. The van der Waals surface area contributed by atoms with E-state index >= 15 is 0 Å². The molecular weight excluding hydrogens is 336 g/mol. The Kier molecular flexibility index (Phi) is 5.23. The largest absolute Gasteiger partial charge is 0.309 e. The molecule has 0 saturated heterocycles. The van der Waals surface area contributed by atoms with E-state index in [0.29, 0.717) is 17.9 Å². The Morgan fingerprint density at radius 2 is 1.92 bits per heavy atom. The van der Waals surface area contributed by atoms with Gasteiger partial charge in [0.15, 0.2) is 0 Å². The first-order valence-electron chi connectivity index (χ1n) is 8.11. The lowest BCUT2D eigenvalue weighted by Gasteiger charge is -2.33. The lowest BCUT2D eigenvalue weighted by atomic mass is 9.89. The average Bonchev–Trinajstić information content (AvgIpc) is 2.65. The van der Waals surface area contributed by atoms with E-state index in [2.05, 4.69) is 10.3 Å². The Hall–Kier alpha value is -3.26. The number of para-hydroxylation sites is 1. The molecule has 1 aliphatic rings. The average molecular weight is 354 g/mol. The smallest absolute Gasteiger partial charge is 0.245 e. The highest BCUT2D eigenvalue weighted by molar-refractivity contribution is 6.05. The Labute approximate surface area is 149 Å². The first-order valence-corrected chi connectivity index (χ1v) is 8.11. The van der Waals surface area contributed by atoms with Gasteiger partial charge in [-0.3, -0.25) is 19.6 Å². The van der Waals surface area contributed by atoms with E-state index in [1.54, 1.807) is 42.0 Å². The molecule has 1 atom stereocenters. The van der Waals surface area contributed by atoms with Crippen LogP contribution in [-0.2, 0) is 20.8 Å². The van der Waals surface area contributed by atoms with Gasteiger partial charge in [0.2, 0.25) is 17.7 Å². The van der Waals surface area contributed by atoms with Gasteiger partial charge in [-0.1, -0.05) is 24.3 Å². The minimum Gasteiger partial charge on any atom is -0.309 e. The molecule has 2 heterocycles. The van der Waals surface area contributed by atoms with Crippen molar-refractivity contribution in [2.45, 2.75) is 12.8 Å². The van der Waals surface area contributed by atoms with Gasteiger partial charge in [-0.15, -0.1) is 0 Å². The first-order chi connectivity index (χ1) is 12.6. The van der Waals surface area contributed by atoms with Gasteiger partial charge in [0.25, 0.3) is 0 Å². The number of hydroxylamine groups is 1. The van der Waals surface area contributed by atoms with Crippen molar-refractivity contribution in [3.8, 4) is 0 Å². The summed E-state index contributed by atoms with van der Waals surface area (Å²) in [6, 6.07) is 12.4. The Balaban J connectivity index is 1.80. The van der Waals surface area contributed by atoms with Gasteiger partial charge in [-0.25, -0.2) is 10.5 Å². The summed E-state index contributed by atoms with van der Waals surface area (Å²) in [7, 11) is 0. The number of hydrogen-bond donors (Lipinski definition) is 3. The molecule has 0 fully saturated rings. The quantitative estimate of drug-likeness (QED) is 0.550. The van der Waals surface area contributed by atoms with Gasteiger partial charge >= 0.3 is 0 Å². The summed E-state index contributed by atoms with van der Waals surface area (Å²) < 4.78 is 0. The van der Waals surface area contributed by atoms with E-state index in [0.717, 1.165) is 5.56 Å². The lowest BCUT2D eigenvalue weighted by Crippen LogP contribution is -2.46. The second-order valence-corrected chi connectivity index (χ2v) is 5.96. The highest BCUT2D eigenvalue weighted by Gasteiger charge is 2.34. The molecule has 1 aliphatic heterocycles. The predicted octanol–water partition coefficient (Wildman–Crippen LogP) is 1.12. The summed E-state index contributed by atoms with van der Waals surface area (Å²) in [4.78, 5) is 42.0. The number of rotatable bonds is 5. The van der Waals surface area contributed by atoms with E-state index in [-0.39, 0.29) is 24.8 Å². The molecule has 26 heavy (non-hydrogen) atoms. The number of carbonyl (C=O) groups excluding carboxylic acids is 3. The third-order valence-corrected chi connectivity index (χ3v) is 4.15. The summed E-state index contributed by atoms with van der Waals surface area (Å²) in [5.74, 6) is -1.60. The molecule has 1 aromatic carbocycles. The van der Waals surface area contributed by atoms with Crippen molar-refractivity contribution in [2.24, 2.45) is 5.92 Å². The molecular formula is C18H18N4O4. The third-order valence-electron chi connectivity index (χ3n) is 4.15. The van der Waals surface area contributed by atoms with Crippen LogP contribution in [0.15, 0.2) is 48.7 Å². The number of fused-ring (bicyclic) bond motifs is 1. The summed E-state index contributed by atoms with van der Waals surface area (Å²) >= 11 is 0. The van der Waals surface area contributed by atoms with Crippen molar-refractivity contribution < 1.29 is 19.6 Å². The van der Waals surface area contributed by atoms with Crippen LogP contribution in [0.25, 0.3) is 0 Å². The molecule has 134 valence electrons. The molecule has 0 spiro atoms. The van der Waals surface area contributed by atoms with Crippen molar-refractivity contribution in [3.05, 3.63) is 54.2 Å². The van der Waals surface area contributed by atoms with E-state index in [1.165, 1.54) is 4.90 Å². The standard InChI is InChI=1S/C18H18N4O4/c23-16(21-26)10-13-9-12-5-1-2-6-14(12)22(18(13)25)11-17(24)20-15-7-3-4-8-19-15/h1-8,13,26H,9-11H2,(H,21,23)(H,19,20,24). The number of pyridine rings is 1. The fraction of sp³-hybridized carbons (Fsp3) is 0.222. The minimum atomic E-state index is -0.639. The molecule has 3 rings (SSSR count). The summed E-state index contributed by atoms with van der Waals surface area (Å²) in [5, 5.41) is 11.4. The molecule has 1 aromatic heterocycles. The number of nitrogens with one attached hydrogen (secondary N) is 2. The highest BCUT2D eigenvalue weighted by atomic mass is 16.5. The third kappa shape index (κ3) is 3.86. The van der Waals surface area contributed by atoms with Gasteiger partial charge in [0.1, 0.15) is 12.4 Å².